The average molecular weight is 272 g/mol. The van der Waals surface area contributed by atoms with Gasteiger partial charge in [0.15, 0.2) is 0 Å². The molecule has 0 saturated carbocycles. The molecule has 3 N–H and O–H groups in total. The summed E-state index contributed by atoms with van der Waals surface area (Å²) >= 11 is 0. The Kier molecular flexibility index (Phi) is 7.53. The second kappa shape index (κ2) is 7.78. The first-order valence-corrected chi connectivity index (χ1v) is 6.42. The Hall–Kier alpha value is -0.570. The van der Waals surface area contributed by atoms with E-state index in [2.05, 4.69) is 39.0 Å². The number of nitrogens with two attached hydrogens (primary N) is 1. The van der Waals surface area contributed by atoms with Gasteiger partial charge in [0, 0.05) is 0 Å². The first-order valence-electron chi connectivity index (χ1n) is 6.42. The highest BCUT2D eigenvalue weighted by molar-refractivity contribution is 5.85. The van der Waals surface area contributed by atoms with Crippen LogP contribution in [-0.4, -0.2) is 11.2 Å². The molecule has 2 nitrogen and oxygen atoms in total. The van der Waals surface area contributed by atoms with Crippen LogP contribution in [0.5, 0.6) is 0 Å². The first kappa shape index (κ1) is 17.4. The maximum Gasteiger partial charge on any atom is 0.0733 e. The molecule has 0 amide bonds. The minimum Gasteiger partial charge on any atom is -0.391 e. The van der Waals surface area contributed by atoms with Gasteiger partial charge in [-0.2, -0.15) is 0 Å². The molecule has 1 rings (SSSR count). The van der Waals surface area contributed by atoms with Gasteiger partial charge in [-0.05, 0) is 43.7 Å². The third-order valence-electron chi connectivity index (χ3n) is 3.25. The van der Waals surface area contributed by atoms with E-state index in [4.69, 9.17) is 5.73 Å². The molecule has 0 saturated heterocycles. The standard InChI is InChI=1S/C15H25NO.ClH/c1-10(2)5-8-14(17)15(16)13-9-11(3)6-7-12(13)4;/h6-7,9-10,14-15,17H,5,8,16H2,1-4H3;1H/t14-,15+;/m0./s1. The molecule has 0 bridgehead atoms. The summed E-state index contributed by atoms with van der Waals surface area (Å²) in [7, 11) is 0. The number of rotatable bonds is 5. The third kappa shape index (κ3) is 4.97. The molecule has 0 aromatic heterocycles. The van der Waals surface area contributed by atoms with Crippen LogP contribution in [0.15, 0.2) is 18.2 Å². The Morgan fingerprint density at radius 2 is 1.78 bits per heavy atom. The molecule has 1 aromatic rings. The second-order valence-electron chi connectivity index (χ2n) is 5.42. The highest BCUT2D eigenvalue weighted by Crippen LogP contribution is 2.23. The lowest BCUT2D eigenvalue weighted by molar-refractivity contribution is 0.128. The summed E-state index contributed by atoms with van der Waals surface area (Å²) in [5.74, 6) is 0.607. The van der Waals surface area contributed by atoms with Gasteiger partial charge in [-0.15, -0.1) is 12.4 Å². The van der Waals surface area contributed by atoms with Crippen molar-refractivity contribution >= 4 is 12.4 Å². The van der Waals surface area contributed by atoms with Crippen molar-refractivity contribution in [2.45, 2.75) is 52.7 Å². The van der Waals surface area contributed by atoms with Gasteiger partial charge in [0.1, 0.15) is 0 Å². The molecule has 0 radical (unpaired) electrons. The van der Waals surface area contributed by atoms with Crippen LogP contribution in [0.4, 0.5) is 0 Å². The SMILES string of the molecule is Cc1ccc(C)c([C@@H](N)[C@@H](O)CCC(C)C)c1.Cl. The van der Waals surface area contributed by atoms with Crippen LogP contribution in [0.3, 0.4) is 0 Å². The normalized spacial score (nSPS) is 14.2. The fraction of sp³-hybridized carbons (Fsp3) is 0.600. The van der Waals surface area contributed by atoms with Crippen molar-refractivity contribution in [1.82, 2.24) is 0 Å². The predicted octanol–water partition coefficient (Wildman–Crippen LogP) is 3.52. The van der Waals surface area contributed by atoms with E-state index in [0.717, 1.165) is 24.0 Å². The summed E-state index contributed by atoms with van der Waals surface area (Å²) in [4.78, 5) is 0. The lowest BCUT2D eigenvalue weighted by atomic mass is 9.92. The van der Waals surface area contributed by atoms with E-state index < -0.39 is 6.10 Å². The zero-order chi connectivity index (χ0) is 13.0. The maximum atomic E-state index is 10.1. The van der Waals surface area contributed by atoms with Crippen LogP contribution in [0, 0.1) is 19.8 Å². The Morgan fingerprint density at radius 3 is 2.33 bits per heavy atom. The predicted molar refractivity (Wildman–Crippen MR) is 80.2 cm³/mol. The van der Waals surface area contributed by atoms with Gasteiger partial charge in [-0.3, -0.25) is 0 Å². The summed E-state index contributed by atoms with van der Waals surface area (Å²) in [6.45, 7) is 8.42. The zero-order valence-corrected chi connectivity index (χ0v) is 12.6. The van der Waals surface area contributed by atoms with Gasteiger partial charge in [-0.25, -0.2) is 0 Å². The molecule has 18 heavy (non-hydrogen) atoms. The molecule has 0 fully saturated rings. The minimum absolute atomic E-state index is 0. The van der Waals surface area contributed by atoms with Crippen LogP contribution in [-0.2, 0) is 0 Å². The minimum atomic E-state index is -0.446. The van der Waals surface area contributed by atoms with Crippen LogP contribution in [0.1, 0.15) is 49.4 Å². The van der Waals surface area contributed by atoms with Crippen LogP contribution >= 0.6 is 12.4 Å². The van der Waals surface area contributed by atoms with Crippen molar-refractivity contribution in [3.8, 4) is 0 Å². The molecule has 1 aromatic carbocycles. The van der Waals surface area contributed by atoms with E-state index in [9.17, 15) is 5.11 Å². The monoisotopic (exact) mass is 271 g/mol. The van der Waals surface area contributed by atoms with Gasteiger partial charge in [-0.1, -0.05) is 37.6 Å². The number of hydrogen-bond donors (Lipinski definition) is 2. The zero-order valence-electron chi connectivity index (χ0n) is 11.8. The van der Waals surface area contributed by atoms with Gasteiger partial charge in [0.2, 0.25) is 0 Å². The molecule has 0 unspecified atom stereocenters. The summed E-state index contributed by atoms with van der Waals surface area (Å²) in [5, 5.41) is 10.1. The summed E-state index contributed by atoms with van der Waals surface area (Å²) in [5.41, 5.74) is 9.57. The van der Waals surface area contributed by atoms with Crippen molar-refractivity contribution < 1.29 is 5.11 Å². The van der Waals surface area contributed by atoms with Crippen molar-refractivity contribution in [3.63, 3.8) is 0 Å². The largest absolute Gasteiger partial charge is 0.391 e. The molecule has 104 valence electrons. The lowest BCUT2D eigenvalue weighted by Crippen LogP contribution is -2.27. The molecule has 2 atom stereocenters. The van der Waals surface area contributed by atoms with Crippen molar-refractivity contribution in [1.29, 1.82) is 0 Å². The number of hydrogen-bond acceptors (Lipinski definition) is 2. The number of benzene rings is 1. The van der Waals surface area contributed by atoms with Gasteiger partial charge in [0.25, 0.3) is 0 Å². The van der Waals surface area contributed by atoms with Gasteiger partial charge < -0.3 is 10.8 Å². The second-order valence-corrected chi connectivity index (χ2v) is 5.42. The fourth-order valence-corrected chi connectivity index (χ4v) is 2.01. The van der Waals surface area contributed by atoms with Crippen molar-refractivity contribution in [3.05, 3.63) is 34.9 Å². The molecule has 0 heterocycles. The van der Waals surface area contributed by atoms with Crippen molar-refractivity contribution in [2.75, 3.05) is 0 Å². The summed E-state index contributed by atoms with van der Waals surface area (Å²) < 4.78 is 0. The highest BCUT2D eigenvalue weighted by atomic mass is 35.5. The summed E-state index contributed by atoms with van der Waals surface area (Å²) in [6, 6.07) is 5.96. The fourth-order valence-electron chi connectivity index (χ4n) is 2.01. The molecule has 0 aliphatic heterocycles. The Labute approximate surface area is 117 Å². The van der Waals surface area contributed by atoms with E-state index in [1.165, 1.54) is 5.56 Å². The molecule has 0 aliphatic carbocycles. The quantitative estimate of drug-likeness (QED) is 0.861. The average Bonchev–Trinajstić information content (AvgIpc) is 2.28. The van der Waals surface area contributed by atoms with E-state index in [1.54, 1.807) is 0 Å². The third-order valence-corrected chi connectivity index (χ3v) is 3.25. The Morgan fingerprint density at radius 1 is 1.17 bits per heavy atom. The smallest absolute Gasteiger partial charge is 0.0733 e. The first-order chi connectivity index (χ1) is 7.91. The number of halogens is 1. The Balaban J connectivity index is 0.00000289. The maximum absolute atomic E-state index is 10.1. The van der Waals surface area contributed by atoms with Crippen LogP contribution < -0.4 is 5.73 Å². The van der Waals surface area contributed by atoms with E-state index in [1.807, 2.05) is 6.92 Å². The van der Waals surface area contributed by atoms with Crippen LogP contribution in [0.2, 0.25) is 0 Å². The Bertz CT molecular complexity index is 366. The van der Waals surface area contributed by atoms with Gasteiger partial charge >= 0.3 is 0 Å². The van der Waals surface area contributed by atoms with Crippen molar-refractivity contribution in [2.24, 2.45) is 11.7 Å². The summed E-state index contributed by atoms with van der Waals surface area (Å²) in [6.07, 6.45) is 1.34. The molecular weight excluding hydrogens is 246 g/mol. The van der Waals surface area contributed by atoms with Gasteiger partial charge in [0.05, 0.1) is 12.1 Å². The number of aryl methyl sites for hydroxylation is 2. The van der Waals surface area contributed by atoms with E-state index >= 15 is 0 Å². The molecule has 0 aliphatic rings. The number of aliphatic hydroxyl groups is 1. The van der Waals surface area contributed by atoms with Crippen LogP contribution in [0.25, 0.3) is 0 Å². The van der Waals surface area contributed by atoms with E-state index in [-0.39, 0.29) is 18.4 Å². The number of aliphatic hydroxyl groups excluding tert-OH is 1. The molecule has 3 heteroatoms. The molecular formula is C15H26ClNO. The molecule has 0 spiro atoms. The highest BCUT2D eigenvalue weighted by Gasteiger charge is 2.18. The topological polar surface area (TPSA) is 46.2 Å². The van der Waals surface area contributed by atoms with E-state index in [0.29, 0.717) is 5.92 Å². The lowest BCUT2D eigenvalue weighted by Gasteiger charge is -2.22.